The van der Waals surface area contributed by atoms with Gasteiger partial charge in [0.1, 0.15) is 10.7 Å². The number of thiazole rings is 1. The van der Waals surface area contributed by atoms with Crippen molar-refractivity contribution in [3.8, 4) is 22.6 Å². The number of ether oxygens (including phenoxy) is 1. The second kappa shape index (κ2) is 9.40. The summed E-state index contributed by atoms with van der Waals surface area (Å²) in [4.78, 5) is 28.2. The Morgan fingerprint density at radius 3 is 2.62 bits per heavy atom. The van der Waals surface area contributed by atoms with Gasteiger partial charge in [-0.3, -0.25) is 4.79 Å². The zero-order valence-corrected chi connectivity index (χ0v) is 20.2. The van der Waals surface area contributed by atoms with Crippen LogP contribution in [0.25, 0.3) is 22.6 Å². The number of rotatable bonds is 5. The summed E-state index contributed by atoms with van der Waals surface area (Å²) in [6, 6.07) is 15.9. The molecule has 1 fully saturated rings. The van der Waals surface area contributed by atoms with Gasteiger partial charge in [-0.05, 0) is 44.0 Å². The van der Waals surface area contributed by atoms with Crippen LogP contribution in [0.15, 0.2) is 60.9 Å². The number of hydrogen-bond acceptors (Lipinski definition) is 6. The molecular weight excluding hydrogens is 446 g/mol. The molecule has 2 atom stereocenters. The van der Waals surface area contributed by atoms with Gasteiger partial charge in [-0.15, -0.1) is 0 Å². The summed E-state index contributed by atoms with van der Waals surface area (Å²) in [6.45, 7) is 7.69. The number of nitrogens with zero attached hydrogens (tertiary/aromatic N) is 3. The average Bonchev–Trinajstić information content (AvgIpc) is 3.51. The standard InChI is InChI=1S/C26H27N5O2S/c1-16-9-10-20(11-21(16)24-27-12-22(30-24)19-7-5-4-6-8-19)29-25(32)23-13-28-26(34-23)31-14-17(2)33-18(3)15-31/h4-13,17-18H,14-15H2,1-3H3,(H,27,30)(H,29,32)/t17-,18+. The van der Waals surface area contributed by atoms with Crippen molar-refractivity contribution in [2.24, 2.45) is 0 Å². The Bertz CT molecular complexity index is 1290. The zero-order chi connectivity index (χ0) is 23.7. The van der Waals surface area contributed by atoms with E-state index in [9.17, 15) is 4.79 Å². The Morgan fingerprint density at radius 2 is 1.85 bits per heavy atom. The average molecular weight is 474 g/mol. The Labute approximate surface area is 202 Å². The Balaban J connectivity index is 1.32. The number of aromatic amines is 1. The van der Waals surface area contributed by atoms with E-state index in [1.165, 1.54) is 11.3 Å². The second-order valence-electron chi connectivity index (χ2n) is 8.66. The highest BCUT2D eigenvalue weighted by molar-refractivity contribution is 7.17. The van der Waals surface area contributed by atoms with Gasteiger partial charge >= 0.3 is 0 Å². The fourth-order valence-corrected chi connectivity index (χ4v) is 5.05. The first kappa shape index (κ1) is 22.3. The molecule has 2 aromatic carbocycles. The lowest BCUT2D eigenvalue weighted by molar-refractivity contribution is -0.00522. The van der Waals surface area contributed by atoms with Crippen LogP contribution < -0.4 is 10.2 Å². The van der Waals surface area contributed by atoms with E-state index < -0.39 is 0 Å². The number of nitrogens with one attached hydrogen (secondary N) is 2. The molecule has 8 heteroatoms. The van der Waals surface area contributed by atoms with Gasteiger partial charge in [0, 0.05) is 24.3 Å². The molecule has 34 heavy (non-hydrogen) atoms. The van der Waals surface area contributed by atoms with Gasteiger partial charge < -0.3 is 19.9 Å². The lowest BCUT2D eigenvalue weighted by atomic mass is 10.1. The van der Waals surface area contributed by atoms with E-state index in [2.05, 4.69) is 39.0 Å². The lowest BCUT2D eigenvalue weighted by Crippen LogP contribution is -2.45. The van der Waals surface area contributed by atoms with Gasteiger partial charge in [-0.1, -0.05) is 47.7 Å². The summed E-state index contributed by atoms with van der Waals surface area (Å²) in [5, 5.41) is 3.86. The molecule has 4 aromatic rings. The second-order valence-corrected chi connectivity index (χ2v) is 9.67. The number of hydrogen-bond donors (Lipinski definition) is 2. The molecule has 0 bridgehead atoms. The highest BCUT2D eigenvalue weighted by Crippen LogP contribution is 2.29. The molecule has 1 saturated heterocycles. The van der Waals surface area contributed by atoms with E-state index in [0.29, 0.717) is 10.6 Å². The van der Waals surface area contributed by atoms with Crippen LogP contribution in [0, 0.1) is 6.92 Å². The summed E-state index contributed by atoms with van der Waals surface area (Å²) < 4.78 is 5.80. The molecule has 0 spiro atoms. The van der Waals surface area contributed by atoms with Gasteiger partial charge in [0.05, 0.1) is 30.3 Å². The van der Waals surface area contributed by atoms with E-state index in [4.69, 9.17) is 4.74 Å². The van der Waals surface area contributed by atoms with E-state index in [0.717, 1.165) is 46.4 Å². The van der Waals surface area contributed by atoms with Crippen molar-refractivity contribution in [3.05, 3.63) is 71.4 Å². The molecule has 1 amide bonds. The van der Waals surface area contributed by atoms with Crippen molar-refractivity contribution in [2.45, 2.75) is 33.0 Å². The predicted octanol–water partition coefficient (Wildman–Crippen LogP) is 5.37. The van der Waals surface area contributed by atoms with Crippen molar-refractivity contribution in [3.63, 3.8) is 0 Å². The van der Waals surface area contributed by atoms with Crippen molar-refractivity contribution in [1.82, 2.24) is 15.0 Å². The van der Waals surface area contributed by atoms with Crippen molar-refractivity contribution < 1.29 is 9.53 Å². The topological polar surface area (TPSA) is 83.1 Å². The SMILES string of the molecule is Cc1ccc(NC(=O)c2cnc(N3C[C@@H](C)O[C@@H](C)C3)s2)cc1-c1ncc(-c2ccccc2)[nH]1. The smallest absolute Gasteiger partial charge is 0.267 e. The van der Waals surface area contributed by atoms with Crippen LogP contribution in [-0.2, 0) is 4.74 Å². The number of amides is 1. The first-order chi connectivity index (χ1) is 16.5. The van der Waals surface area contributed by atoms with Crippen molar-refractivity contribution in [1.29, 1.82) is 0 Å². The highest BCUT2D eigenvalue weighted by Gasteiger charge is 2.25. The number of benzene rings is 2. The predicted molar refractivity (Wildman–Crippen MR) is 136 cm³/mol. The first-order valence-electron chi connectivity index (χ1n) is 11.4. The number of carbonyl (C=O) groups excluding carboxylic acids is 1. The van der Waals surface area contributed by atoms with Gasteiger partial charge in [0.2, 0.25) is 0 Å². The van der Waals surface area contributed by atoms with Crippen LogP contribution >= 0.6 is 11.3 Å². The maximum atomic E-state index is 13.0. The quantitative estimate of drug-likeness (QED) is 0.407. The normalized spacial score (nSPS) is 18.1. The number of morpholine rings is 1. The number of anilines is 2. The first-order valence-corrected chi connectivity index (χ1v) is 12.2. The molecule has 0 unspecified atom stereocenters. The third-order valence-corrected chi connectivity index (χ3v) is 6.88. The fourth-order valence-electron chi connectivity index (χ4n) is 4.22. The summed E-state index contributed by atoms with van der Waals surface area (Å²) in [7, 11) is 0. The van der Waals surface area contributed by atoms with E-state index in [1.54, 1.807) is 6.20 Å². The molecule has 0 saturated carbocycles. The molecule has 7 nitrogen and oxygen atoms in total. The minimum absolute atomic E-state index is 0.139. The monoisotopic (exact) mass is 473 g/mol. The van der Waals surface area contributed by atoms with Crippen LogP contribution in [0.4, 0.5) is 10.8 Å². The van der Waals surface area contributed by atoms with E-state index in [-0.39, 0.29) is 18.1 Å². The third-order valence-electron chi connectivity index (χ3n) is 5.82. The minimum atomic E-state index is -0.169. The largest absolute Gasteiger partial charge is 0.372 e. The number of aryl methyl sites for hydroxylation is 1. The molecule has 1 aliphatic rings. The summed E-state index contributed by atoms with van der Waals surface area (Å²) in [5.74, 6) is 0.598. The van der Waals surface area contributed by atoms with Crippen LogP contribution in [-0.4, -0.2) is 46.2 Å². The molecule has 174 valence electrons. The van der Waals surface area contributed by atoms with Gasteiger partial charge in [-0.2, -0.15) is 0 Å². The van der Waals surface area contributed by atoms with Crippen LogP contribution in [0.1, 0.15) is 29.1 Å². The fraction of sp³-hybridized carbons (Fsp3) is 0.269. The van der Waals surface area contributed by atoms with Crippen LogP contribution in [0.5, 0.6) is 0 Å². The molecule has 1 aliphatic heterocycles. The molecule has 3 heterocycles. The third kappa shape index (κ3) is 4.73. The number of aromatic nitrogens is 3. The zero-order valence-electron chi connectivity index (χ0n) is 19.4. The Kier molecular flexibility index (Phi) is 6.17. The van der Waals surface area contributed by atoms with Crippen LogP contribution in [0.3, 0.4) is 0 Å². The van der Waals surface area contributed by atoms with Crippen molar-refractivity contribution in [2.75, 3.05) is 23.3 Å². The molecule has 5 rings (SSSR count). The molecular formula is C26H27N5O2S. The molecule has 2 N–H and O–H groups in total. The van der Waals surface area contributed by atoms with Crippen LogP contribution in [0.2, 0.25) is 0 Å². The van der Waals surface area contributed by atoms with Gasteiger partial charge in [0.15, 0.2) is 5.13 Å². The maximum absolute atomic E-state index is 13.0. The van der Waals surface area contributed by atoms with Gasteiger partial charge in [0.25, 0.3) is 5.91 Å². The highest BCUT2D eigenvalue weighted by atomic mass is 32.1. The Hall–Kier alpha value is -3.49. The number of carbonyl (C=O) groups is 1. The molecule has 2 aromatic heterocycles. The molecule has 0 radical (unpaired) electrons. The van der Waals surface area contributed by atoms with Gasteiger partial charge in [-0.25, -0.2) is 9.97 Å². The van der Waals surface area contributed by atoms with Crippen molar-refractivity contribution >= 4 is 28.1 Å². The minimum Gasteiger partial charge on any atom is -0.372 e. The number of H-pyrrole nitrogens is 1. The number of imidazole rings is 1. The summed E-state index contributed by atoms with van der Waals surface area (Å²) in [6.07, 6.45) is 3.76. The summed E-state index contributed by atoms with van der Waals surface area (Å²) >= 11 is 1.40. The molecule has 0 aliphatic carbocycles. The lowest BCUT2D eigenvalue weighted by Gasteiger charge is -2.35. The van der Waals surface area contributed by atoms with E-state index in [1.807, 2.05) is 61.7 Å². The Morgan fingerprint density at radius 1 is 1.09 bits per heavy atom. The summed E-state index contributed by atoms with van der Waals surface area (Å²) in [5.41, 5.74) is 4.76. The maximum Gasteiger partial charge on any atom is 0.267 e. The van der Waals surface area contributed by atoms with E-state index >= 15 is 0 Å².